The van der Waals surface area contributed by atoms with Crippen LogP contribution in [-0.2, 0) is 11.4 Å². The number of rotatable bonds is 8. The number of Topliss-reactive ketones (excluding diaryl/α,β-unsaturated/α-hetero) is 1. The third-order valence-corrected chi connectivity index (χ3v) is 8.60. The minimum atomic E-state index is -0.719. The fourth-order valence-corrected chi connectivity index (χ4v) is 6.61. The maximum Gasteiger partial charge on any atom is 0.271 e. The number of methoxy groups -OCH3 is 2. The first-order chi connectivity index (χ1) is 21.3. The van der Waals surface area contributed by atoms with E-state index >= 15 is 0 Å². The Morgan fingerprint density at radius 3 is 2.43 bits per heavy atom. The highest BCUT2D eigenvalue weighted by Crippen LogP contribution is 2.40. The Labute approximate surface area is 256 Å². The molecule has 0 bridgehead atoms. The standard InChI is InChI=1S/C35H29FN2O5S/c1-20-31(21(2)39)33(32-26-8-6-5-7-24(26)12-16-28(32)41-3)38-34(40)30(44-35(38)37-20)18-23-11-15-27(29(17-23)42-4)43-19-22-9-13-25(36)14-10-22/h5-18,33H,19H2,1-4H3/t33-/m0/s1. The van der Waals surface area contributed by atoms with E-state index in [4.69, 9.17) is 19.2 Å². The van der Waals surface area contributed by atoms with E-state index < -0.39 is 6.04 Å². The van der Waals surface area contributed by atoms with Gasteiger partial charge in [0, 0.05) is 16.8 Å². The van der Waals surface area contributed by atoms with Gasteiger partial charge >= 0.3 is 0 Å². The molecule has 4 aromatic carbocycles. The second kappa shape index (κ2) is 11.9. The lowest BCUT2D eigenvalue weighted by atomic mass is 9.89. The van der Waals surface area contributed by atoms with E-state index in [0.717, 1.165) is 27.5 Å². The van der Waals surface area contributed by atoms with Crippen LogP contribution in [0.1, 0.15) is 36.6 Å². The summed E-state index contributed by atoms with van der Waals surface area (Å²) in [6, 6.07) is 22.4. The molecule has 1 aromatic heterocycles. The van der Waals surface area contributed by atoms with Crippen LogP contribution in [0.4, 0.5) is 4.39 Å². The van der Waals surface area contributed by atoms with Crippen molar-refractivity contribution in [2.75, 3.05) is 14.2 Å². The van der Waals surface area contributed by atoms with Crippen molar-refractivity contribution in [3.63, 3.8) is 0 Å². The maximum absolute atomic E-state index is 14.1. The molecule has 0 amide bonds. The number of ether oxygens (including phenoxy) is 3. The molecular formula is C35H29FN2O5S. The Kier molecular flexibility index (Phi) is 7.88. The average molecular weight is 609 g/mol. The van der Waals surface area contributed by atoms with Crippen molar-refractivity contribution >= 4 is 34.0 Å². The summed E-state index contributed by atoms with van der Waals surface area (Å²) in [4.78, 5) is 32.4. The van der Waals surface area contributed by atoms with Gasteiger partial charge in [-0.15, -0.1) is 0 Å². The highest BCUT2D eigenvalue weighted by Gasteiger charge is 2.33. The molecule has 6 rings (SSSR count). The number of aromatic nitrogens is 1. The third-order valence-electron chi connectivity index (χ3n) is 7.62. The van der Waals surface area contributed by atoms with Gasteiger partial charge in [0.05, 0.1) is 24.8 Å². The number of hydrogen-bond acceptors (Lipinski definition) is 7. The summed E-state index contributed by atoms with van der Waals surface area (Å²) in [6.07, 6.45) is 1.78. The molecule has 44 heavy (non-hydrogen) atoms. The van der Waals surface area contributed by atoms with Crippen LogP contribution in [0.15, 0.2) is 99.9 Å². The zero-order valence-electron chi connectivity index (χ0n) is 24.6. The number of carbonyl (C=O) groups excluding carboxylic acids is 1. The fourth-order valence-electron chi connectivity index (χ4n) is 5.57. The second-order valence-electron chi connectivity index (χ2n) is 10.4. The number of carbonyl (C=O) groups is 1. The third kappa shape index (κ3) is 5.31. The molecule has 0 saturated carbocycles. The van der Waals surface area contributed by atoms with Gasteiger partial charge in [-0.1, -0.05) is 59.9 Å². The summed E-state index contributed by atoms with van der Waals surface area (Å²) in [5.74, 6) is 1.11. The van der Waals surface area contributed by atoms with Crippen LogP contribution in [0.25, 0.3) is 16.8 Å². The van der Waals surface area contributed by atoms with Crippen LogP contribution in [-0.4, -0.2) is 24.6 Å². The van der Waals surface area contributed by atoms with Gasteiger partial charge < -0.3 is 14.2 Å². The molecule has 0 N–H and O–H groups in total. The van der Waals surface area contributed by atoms with E-state index in [1.54, 1.807) is 56.1 Å². The number of allylic oxidation sites excluding steroid dienone is 2. The first kappa shape index (κ1) is 29.1. The van der Waals surface area contributed by atoms with Gasteiger partial charge in [0.1, 0.15) is 18.2 Å². The van der Waals surface area contributed by atoms with E-state index in [0.29, 0.717) is 37.9 Å². The lowest BCUT2D eigenvalue weighted by Crippen LogP contribution is -2.39. The summed E-state index contributed by atoms with van der Waals surface area (Å²) < 4.78 is 32.6. The molecule has 1 atom stereocenters. The predicted molar refractivity (Wildman–Crippen MR) is 169 cm³/mol. The normalized spacial score (nSPS) is 14.8. The number of fused-ring (bicyclic) bond motifs is 2. The molecule has 0 aliphatic carbocycles. The zero-order valence-corrected chi connectivity index (χ0v) is 25.4. The summed E-state index contributed by atoms with van der Waals surface area (Å²) >= 11 is 1.26. The highest BCUT2D eigenvalue weighted by molar-refractivity contribution is 7.07. The zero-order chi connectivity index (χ0) is 31.0. The SMILES string of the molecule is COc1cc(C=c2sc3n(c2=O)[C@H](c2c(OC)ccc4ccccc24)C(C(C)=O)=C(C)N=3)ccc1OCc1ccc(F)cc1. The summed E-state index contributed by atoms with van der Waals surface area (Å²) in [5, 5.41) is 1.86. The summed E-state index contributed by atoms with van der Waals surface area (Å²) in [6.45, 7) is 3.54. The highest BCUT2D eigenvalue weighted by atomic mass is 32.1. The molecule has 222 valence electrons. The van der Waals surface area contributed by atoms with E-state index in [1.807, 2.05) is 42.5 Å². The predicted octanol–water partition coefficient (Wildman–Crippen LogP) is 5.71. The Hall–Kier alpha value is -5.02. The Bertz CT molecular complexity index is 2130. The van der Waals surface area contributed by atoms with Gasteiger partial charge in [0.25, 0.3) is 5.56 Å². The van der Waals surface area contributed by atoms with Crippen molar-refractivity contribution in [1.29, 1.82) is 0 Å². The summed E-state index contributed by atoms with van der Waals surface area (Å²) in [7, 11) is 3.13. The monoisotopic (exact) mass is 608 g/mol. The molecule has 0 spiro atoms. The lowest BCUT2D eigenvalue weighted by Gasteiger charge is -2.27. The topological polar surface area (TPSA) is 79.1 Å². The van der Waals surface area contributed by atoms with Gasteiger partial charge in [0.2, 0.25) is 0 Å². The van der Waals surface area contributed by atoms with Crippen molar-refractivity contribution < 1.29 is 23.4 Å². The molecule has 0 radical (unpaired) electrons. The average Bonchev–Trinajstić information content (AvgIpc) is 3.33. The van der Waals surface area contributed by atoms with Gasteiger partial charge in [-0.3, -0.25) is 14.2 Å². The van der Waals surface area contributed by atoms with Crippen LogP contribution in [0.3, 0.4) is 0 Å². The van der Waals surface area contributed by atoms with Crippen LogP contribution in [0.5, 0.6) is 17.2 Å². The molecule has 5 aromatic rings. The number of ketones is 1. The van der Waals surface area contributed by atoms with E-state index in [-0.39, 0.29) is 23.8 Å². The van der Waals surface area contributed by atoms with E-state index in [2.05, 4.69) is 0 Å². The van der Waals surface area contributed by atoms with Crippen LogP contribution in [0, 0.1) is 5.82 Å². The first-order valence-electron chi connectivity index (χ1n) is 13.9. The maximum atomic E-state index is 14.1. The fraction of sp³-hybridized carbons (Fsp3) is 0.171. The molecule has 2 heterocycles. The van der Waals surface area contributed by atoms with Crippen molar-refractivity contribution in [1.82, 2.24) is 4.57 Å². The second-order valence-corrected chi connectivity index (χ2v) is 11.4. The Morgan fingerprint density at radius 1 is 0.977 bits per heavy atom. The lowest BCUT2D eigenvalue weighted by molar-refractivity contribution is -0.114. The molecule has 7 nitrogen and oxygen atoms in total. The van der Waals surface area contributed by atoms with E-state index in [9.17, 15) is 14.0 Å². The minimum absolute atomic E-state index is 0.165. The number of nitrogens with zero attached hydrogens (tertiary/aromatic N) is 2. The summed E-state index contributed by atoms with van der Waals surface area (Å²) in [5.41, 5.74) is 3.02. The molecule has 0 fully saturated rings. The van der Waals surface area contributed by atoms with Crippen molar-refractivity contribution in [3.05, 3.63) is 132 Å². The molecular weight excluding hydrogens is 579 g/mol. The molecule has 0 unspecified atom stereocenters. The Balaban J connectivity index is 1.46. The van der Waals surface area contributed by atoms with Gasteiger partial charge in [-0.05, 0) is 72.2 Å². The quantitative estimate of drug-likeness (QED) is 0.226. The minimum Gasteiger partial charge on any atom is -0.496 e. The molecule has 1 aliphatic rings. The van der Waals surface area contributed by atoms with Crippen molar-refractivity contribution in [2.24, 2.45) is 4.99 Å². The number of halogens is 1. The molecule has 0 saturated heterocycles. The first-order valence-corrected chi connectivity index (χ1v) is 14.7. The molecule has 9 heteroatoms. The molecule has 1 aliphatic heterocycles. The van der Waals surface area contributed by atoms with Gasteiger partial charge in [0.15, 0.2) is 22.1 Å². The van der Waals surface area contributed by atoms with Crippen LogP contribution >= 0.6 is 11.3 Å². The number of thiazole rings is 1. The largest absolute Gasteiger partial charge is 0.496 e. The van der Waals surface area contributed by atoms with Crippen LogP contribution < -0.4 is 29.1 Å². The number of hydrogen-bond donors (Lipinski definition) is 0. The van der Waals surface area contributed by atoms with E-state index in [1.165, 1.54) is 30.4 Å². The smallest absolute Gasteiger partial charge is 0.271 e. The van der Waals surface area contributed by atoms with Crippen molar-refractivity contribution in [3.8, 4) is 17.2 Å². The number of benzene rings is 4. The Morgan fingerprint density at radius 2 is 1.70 bits per heavy atom. The van der Waals surface area contributed by atoms with Gasteiger partial charge in [-0.25, -0.2) is 9.38 Å². The van der Waals surface area contributed by atoms with Crippen molar-refractivity contribution in [2.45, 2.75) is 26.5 Å². The van der Waals surface area contributed by atoms with Gasteiger partial charge in [-0.2, -0.15) is 0 Å². The van der Waals surface area contributed by atoms with Crippen LogP contribution in [0.2, 0.25) is 0 Å².